The van der Waals surface area contributed by atoms with Gasteiger partial charge in [-0.2, -0.15) is 0 Å². The standard InChI is InChI=1S/C12H22N2O2/c1-8(13-9(2)7-15-5)6-12-10(3)14-16-11(12)4/h8-9,13H,6-7H2,1-5H3. The Bertz CT molecular complexity index is 303. The lowest BCUT2D eigenvalue weighted by Gasteiger charge is -2.19. The average Bonchev–Trinajstić information content (AvgIpc) is 2.49. The lowest BCUT2D eigenvalue weighted by atomic mass is 10.1. The maximum atomic E-state index is 5.15. The van der Waals surface area contributed by atoms with Crippen molar-refractivity contribution in [1.29, 1.82) is 0 Å². The summed E-state index contributed by atoms with van der Waals surface area (Å²) in [5, 5.41) is 7.44. The largest absolute Gasteiger partial charge is 0.383 e. The van der Waals surface area contributed by atoms with Crippen LogP contribution >= 0.6 is 0 Å². The molecule has 1 aromatic rings. The van der Waals surface area contributed by atoms with Gasteiger partial charge in [-0.3, -0.25) is 0 Å². The van der Waals surface area contributed by atoms with Gasteiger partial charge in [-0.15, -0.1) is 0 Å². The van der Waals surface area contributed by atoms with Crippen molar-refractivity contribution in [1.82, 2.24) is 10.5 Å². The Morgan fingerprint density at radius 1 is 1.31 bits per heavy atom. The third kappa shape index (κ3) is 3.61. The highest BCUT2D eigenvalue weighted by atomic mass is 16.5. The predicted molar refractivity (Wildman–Crippen MR) is 63.6 cm³/mol. The van der Waals surface area contributed by atoms with Gasteiger partial charge >= 0.3 is 0 Å². The normalized spacial score (nSPS) is 15.1. The van der Waals surface area contributed by atoms with Crippen LogP contribution in [0.4, 0.5) is 0 Å². The SMILES string of the molecule is COCC(C)NC(C)Cc1c(C)noc1C. The smallest absolute Gasteiger partial charge is 0.137 e. The third-order valence-electron chi connectivity index (χ3n) is 2.68. The van der Waals surface area contributed by atoms with E-state index in [2.05, 4.69) is 24.3 Å². The highest BCUT2D eigenvalue weighted by Gasteiger charge is 2.14. The predicted octanol–water partition coefficient (Wildman–Crippen LogP) is 1.85. The van der Waals surface area contributed by atoms with E-state index >= 15 is 0 Å². The zero-order valence-electron chi connectivity index (χ0n) is 10.8. The zero-order valence-corrected chi connectivity index (χ0v) is 10.8. The van der Waals surface area contributed by atoms with E-state index in [0.717, 1.165) is 24.5 Å². The number of ether oxygens (including phenoxy) is 1. The molecule has 0 aromatic carbocycles. The maximum absolute atomic E-state index is 5.15. The van der Waals surface area contributed by atoms with E-state index in [0.29, 0.717) is 12.1 Å². The maximum Gasteiger partial charge on any atom is 0.137 e. The molecule has 0 spiro atoms. The summed E-state index contributed by atoms with van der Waals surface area (Å²) in [6.07, 6.45) is 0.940. The number of hydrogen-bond donors (Lipinski definition) is 1. The minimum atomic E-state index is 0.362. The van der Waals surface area contributed by atoms with Crippen molar-refractivity contribution in [2.45, 2.75) is 46.2 Å². The second-order valence-electron chi connectivity index (χ2n) is 4.43. The lowest BCUT2D eigenvalue weighted by Crippen LogP contribution is -2.38. The molecule has 0 radical (unpaired) electrons. The summed E-state index contributed by atoms with van der Waals surface area (Å²) >= 11 is 0. The molecular formula is C12H22N2O2. The summed E-state index contributed by atoms with van der Waals surface area (Å²) in [7, 11) is 1.72. The molecule has 0 saturated heterocycles. The molecule has 0 aliphatic rings. The monoisotopic (exact) mass is 226 g/mol. The Labute approximate surface area is 97.3 Å². The number of hydrogen-bond acceptors (Lipinski definition) is 4. The first-order chi connectivity index (χ1) is 7.54. The third-order valence-corrected chi connectivity index (χ3v) is 2.68. The van der Waals surface area contributed by atoms with Crippen LogP contribution in [0, 0.1) is 13.8 Å². The molecule has 4 nitrogen and oxygen atoms in total. The van der Waals surface area contributed by atoms with Crippen molar-refractivity contribution < 1.29 is 9.26 Å². The first kappa shape index (κ1) is 13.2. The van der Waals surface area contributed by atoms with Crippen LogP contribution in [0.15, 0.2) is 4.52 Å². The second kappa shape index (κ2) is 6.01. The molecule has 92 valence electrons. The van der Waals surface area contributed by atoms with Crippen molar-refractivity contribution in [3.05, 3.63) is 17.0 Å². The summed E-state index contributed by atoms with van der Waals surface area (Å²) in [6.45, 7) is 8.95. The van der Waals surface area contributed by atoms with Crippen LogP contribution in [-0.4, -0.2) is 31.0 Å². The van der Waals surface area contributed by atoms with E-state index < -0.39 is 0 Å². The zero-order chi connectivity index (χ0) is 12.1. The van der Waals surface area contributed by atoms with E-state index in [4.69, 9.17) is 9.26 Å². The first-order valence-corrected chi connectivity index (χ1v) is 5.71. The van der Waals surface area contributed by atoms with Gasteiger partial charge in [-0.1, -0.05) is 5.16 Å². The Morgan fingerprint density at radius 3 is 2.50 bits per heavy atom. The second-order valence-corrected chi connectivity index (χ2v) is 4.43. The Kier molecular flexibility index (Phi) is 4.96. The van der Waals surface area contributed by atoms with Crippen LogP contribution in [0.3, 0.4) is 0 Å². The van der Waals surface area contributed by atoms with E-state index in [1.54, 1.807) is 7.11 Å². The van der Waals surface area contributed by atoms with Gasteiger partial charge in [0, 0.05) is 24.8 Å². The van der Waals surface area contributed by atoms with E-state index in [1.165, 1.54) is 5.56 Å². The van der Waals surface area contributed by atoms with Crippen molar-refractivity contribution in [2.75, 3.05) is 13.7 Å². The van der Waals surface area contributed by atoms with Gasteiger partial charge in [0.1, 0.15) is 5.76 Å². The number of aromatic nitrogens is 1. The van der Waals surface area contributed by atoms with Gasteiger partial charge in [0.05, 0.1) is 12.3 Å². The van der Waals surface area contributed by atoms with Crippen molar-refractivity contribution in [2.24, 2.45) is 0 Å². The quantitative estimate of drug-likeness (QED) is 0.804. The van der Waals surface area contributed by atoms with Crippen molar-refractivity contribution >= 4 is 0 Å². The van der Waals surface area contributed by atoms with Gasteiger partial charge < -0.3 is 14.6 Å². The molecule has 1 aromatic heterocycles. The molecule has 0 aliphatic carbocycles. The Morgan fingerprint density at radius 2 is 2.00 bits per heavy atom. The molecule has 0 aliphatic heterocycles. The van der Waals surface area contributed by atoms with Crippen molar-refractivity contribution in [3.63, 3.8) is 0 Å². The average molecular weight is 226 g/mol. The molecule has 1 N–H and O–H groups in total. The van der Waals surface area contributed by atoms with Crippen molar-refractivity contribution in [3.8, 4) is 0 Å². The topological polar surface area (TPSA) is 47.3 Å². The fourth-order valence-corrected chi connectivity index (χ4v) is 1.94. The molecular weight excluding hydrogens is 204 g/mol. The molecule has 1 rings (SSSR count). The summed E-state index contributed by atoms with van der Waals surface area (Å²) in [4.78, 5) is 0. The molecule has 2 unspecified atom stereocenters. The van der Waals surface area contributed by atoms with E-state index in [9.17, 15) is 0 Å². The molecule has 2 atom stereocenters. The van der Waals surface area contributed by atoms with Gasteiger partial charge in [0.15, 0.2) is 0 Å². The highest BCUT2D eigenvalue weighted by molar-refractivity contribution is 5.21. The highest BCUT2D eigenvalue weighted by Crippen LogP contribution is 2.14. The number of rotatable bonds is 6. The molecule has 4 heteroatoms. The minimum absolute atomic E-state index is 0.362. The number of methoxy groups -OCH3 is 1. The molecule has 16 heavy (non-hydrogen) atoms. The van der Waals surface area contributed by atoms with E-state index in [-0.39, 0.29) is 0 Å². The molecule has 0 saturated carbocycles. The van der Waals surface area contributed by atoms with E-state index in [1.807, 2.05) is 13.8 Å². The molecule has 0 fully saturated rings. The van der Waals surface area contributed by atoms with Crippen LogP contribution in [0.2, 0.25) is 0 Å². The fraction of sp³-hybridized carbons (Fsp3) is 0.750. The van der Waals surface area contributed by atoms with Crippen LogP contribution in [0.25, 0.3) is 0 Å². The van der Waals surface area contributed by atoms with Crippen LogP contribution < -0.4 is 5.32 Å². The Balaban J connectivity index is 2.48. The van der Waals surface area contributed by atoms with Crippen LogP contribution in [-0.2, 0) is 11.2 Å². The molecule has 0 amide bonds. The number of aryl methyl sites for hydroxylation is 2. The summed E-state index contributed by atoms with van der Waals surface area (Å²) in [6, 6.07) is 0.752. The van der Waals surface area contributed by atoms with Gasteiger partial charge in [0.25, 0.3) is 0 Å². The number of nitrogens with zero attached hydrogens (tertiary/aromatic N) is 1. The van der Waals surface area contributed by atoms with Gasteiger partial charge in [-0.25, -0.2) is 0 Å². The van der Waals surface area contributed by atoms with Crippen LogP contribution in [0.5, 0.6) is 0 Å². The van der Waals surface area contributed by atoms with Crippen LogP contribution in [0.1, 0.15) is 30.9 Å². The summed E-state index contributed by atoms with van der Waals surface area (Å²) in [5.41, 5.74) is 2.20. The van der Waals surface area contributed by atoms with Gasteiger partial charge in [-0.05, 0) is 34.1 Å². The minimum Gasteiger partial charge on any atom is -0.383 e. The fourth-order valence-electron chi connectivity index (χ4n) is 1.94. The first-order valence-electron chi connectivity index (χ1n) is 5.71. The van der Waals surface area contributed by atoms with Gasteiger partial charge in [0.2, 0.25) is 0 Å². The number of nitrogens with one attached hydrogen (secondary N) is 1. The molecule has 1 heterocycles. The summed E-state index contributed by atoms with van der Waals surface area (Å²) in [5.74, 6) is 0.922. The summed E-state index contributed by atoms with van der Waals surface area (Å²) < 4.78 is 10.2. The molecule has 0 bridgehead atoms. The Hall–Kier alpha value is -0.870. The lowest BCUT2D eigenvalue weighted by molar-refractivity contribution is 0.167.